The number of aromatic nitrogens is 1. The molecule has 1 aromatic heterocycles. The van der Waals surface area contributed by atoms with Crippen molar-refractivity contribution < 1.29 is 4.79 Å². The van der Waals surface area contributed by atoms with Crippen molar-refractivity contribution >= 4 is 40.5 Å². The van der Waals surface area contributed by atoms with Crippen LogP contribution in [0.25, 0.3) is 0 Å². The molecule has 6 heteroatoms. The van der Waals surface area contributed by atoms with Crippen molar-refractivity contribution in [2.75, 3.05) is 16.8 Å². The number of benzene rings is 1. The van der Waals surface area contributed by atoms with E-state index in [0.29, 0.717) is 10.7 Å². The summed E-state index contributed by atoms with van der Waals surface area (Å²) in [6, 6.07) is 4.11. The van der Waals surface area contributed by atoms with Crippen LogP contribution in [0.5, 0.6) is 0 Å². The van der Waals surface area contributed by atoms with Crippen molar-refractivity contribution in [3.63, 3.8) is 0 Å². The van der Waals surface area contributed by atoms with Gasteiger partial charge in [0.1, 0.15) is 10.7 Å². The molecule has 2 rings (SSSR count). The number of carbonyl (C=O) groups is 1. The molecule has 2 aromatic rings. The van der Waals surface area contributed by atoms with Gasteiger partial charge < -0.3 is 11.1 Å². The van der Waals surface area contributed by atoms with E-state index in [1.165, 1.54) is 16.9 Å². The average molecular weight is 352 g/mol. The van der Waals surface area contributed by atoms with Crippen molar-refractivity contribution in [3.8, 4) is 0 Å². The van der Waals surface area contributed by atoms with Gasteiger partial charge in [-0.2, -0.15) is 0 Å². The van der Waals surface area contributed by atoms with Crippen LogP contribution in [-0.2, 0) is 0 Å². The van der Waals surface area contributed by atoms with Gasteiger partial charge in [0.05, 0.1) is 0 Å². The summed E-state index contributed by atoms with van der Waals surface area (Å²) >= 11 is 2.93. The van der Waals surface area contributed by atoms with E-state index in [1.54, 1.807) is 11.8 Å². The molecule has 1 heterocycles. The molecule has 0 radical (unpaired) electrons. The fourth-order valence-corrected chi connectivity index (χ4v) is 4.07. The molecule has 0 bridgehead atoms. The molecular formula is C17H25N3OS2. The maximum atomic E-state index is 12.4. The molecule has 23 heavy (non-hydrogen) atoms. The number of hydrogen-bond donors (Lipinski definition) is 2. The first-order valence-electron chi connectivity index (χ1n) is 7.70. The van der Waals surface area contributed by atoms with Gasteiger partial charge in [-0.15, -0.1) is 11.3 Å². The van der Waals surface area contributed by atoms with E-state index in [2.05, 4.69) is 22.4 Å². The van der Waals surface area contributed by atoms with Crippen molar-refractivity contribution in [3.05, 3.63) is 33.7 Å². The van der Waals surface area contributed by atoms with E-state index in [1.807, 2.05) is 41.5 Å². The summed E-state index contributed by atoms with van der Waals surface area (Å²) in [5.74, 6) is 1.02. The lowest BCUT2D eigenvalue weighted by Gasteiger charge is -2.12. The zero-order chi connectivity index (χ0) is 17.6. The Morgan fingerprint density at radius 1 is 1.26 bits per heavy atom. The van der Waals surface area contributed by atoms with Crippen LogP contribution in [0, 0.1) is 20.8 Å². The van der Waals surface area contributed by atoms with Crippen LogP contribution in [0.1, 0.15) is 47.1 Å². The summed E-state index contributed by atoms with van der Waals surface area (Å²) in [5.41, 5.74) is 9.98. The normalized spacial score (nSPS) is 10.0. The predicted molar refractivity (Wildman–Crippen MR) is 103 cm³/mol. The fourth-order valence-electron chi connectivity index (χ4n) is 2.21. The van der Waals surface area contributed by atoms with Crippen LogP contribution in [0.3, 0.4) is 0 Å². The first-order valence-corrected chi connectivity index (χ1v) is 9.50. The Kier molecular flexibility index (Phi) is 7.58. The fraction of sp³-hybridized carbons (Fsp3) is 0.412. The summed E-state index contributed by atoms with van der Waals surface area (Å²) < 4.78 is 0.831. The van der Waals surface area contributed by atoms with Crippen LogP contribution >= 0.6 is 23.1 Å². The molecule has 0 aliphatic rings. The summed E-state index contributed by atoms with van der Waals surface area (Å²) in [5, 5.41) is 2.96. The molecule has 3 N–H and O–H groups in total. The van der Waals surface area contributed by atoms with Crippen LogP contribution in [0.2, 0.25) is 0 Å². The van der Waals surface area contributed by atoms with Gasteiger partial charge in [0.15, 0.2) is 4.34 Å². The Bertz CT molecular complexity index is 657. The molecular weight excluding hydrogens is 326 g/mol. The molecule has 4 nitrogen and oxygen atoms in total. The second-order valence-electron chi connectivity index (χ2n) is 4.85. The molecule has 0 aliphatic carbocycles. The minimum Gasteiger partial charge on any atom is -0.382 e. The lowest BCUT2D eigenvalue weighted by molar-refractivity contribution is 0.103. The second kappa shape index (κ2) is 8.93. The van der Waals surface area contributed by atoms with E-state index in [-0.39, 0.29) is 5.91 Å². The number of nitrogens with zero attached hydrogens (tertiary/aromatic N) is 1. The first-order chi connectivity index (χ1) is 10.9. The van der Waals surface area contributed by atoms with Gasteiger partial charge in [0, 0.05) is 5.69 Å². The van der Waals surface area contributed by atoms with Crippen LogP contribution < -0.4 is 11.1 Å². The topological polar surface area (TPSA) is 68.0 Å². The van der Waals surface area contributed by atoms with E-state index in [4.69, 9.17) is 5.73 Å². The Labute approximate surface area is 146 Å². The minimum atomic E-state index is -0.192. The van der Waals surface area contributed by atoms with Crippen LogP contribution in [0.15, 0.2) is 16.5 Å². The standard InChI is InChI=1S/C15H19N3OS2.C2H6/c1-5-20-15-18-13(16)12(21-15)14(19)17-11-9(3)6-8(2)7-10(11)4;1-2/h6-7H,5,16H2,1-4H3,(H,17,19);1-2H3. The molecule has 126 valence electrons. The lowest BCUT2D eigenvalue weighted by atomic mass is 10.1. The van der Waals surface area contributed by atoms with E-state index in [9.17, 15) is 4.79 Å². The zero-order valence-corrected chi connectivity index (χ0v) is 16.2. The monoisotopic (exact) mass is 351 g/mol. The highest BCUT2D eigenvalue weighted by Gasteiger charge is 2.17. The van der Waals surface area contributed by atoms with Gasteiger partial charge in [-0.25, -0.2) is 4.98 Å². The third-order valence-corrected chi connectivity index (χ3v) is 5.12. The van der Waals surface area contributed by atoms with Crippen LogP contribution in [0.4, 0.5) is 11.5 Å². The van der Waals surface area contributed by atoms with Gasteiger partial charge in [0.2, 0.25) is 0 Å². The maximum Gasteiger partial charge on any atom is 0.269 e. The Morgan fingerprint density at radius 3 is 2.35 bits per heavy atom. The highest BCUT2D eigenvalue weighted by molar-refractivity contribution is 8.01. The molecule has 0 atom stereocenters. The zero-order valence-electron chi connectivity index (χ0n) is 14.6. The van der Waals surface area contributed by atoms with Gasteiger partial charge in [-0.1, -0.05) is 50.2 Å². The number of thioether (sulfide) groups is 1. The predicted octanol–water partition coefficient (Wildman–Crippen LogP) is 5.04. The van der Waals surface area contributed by atoms with Crippen molar-refractivity contribution in [2.24, 2.45) is 0 Å². The molecule has 1 amide bonds. The Hall–Kier alpha value is -1.53. The Morgan fingerprint density at radius 2 is 1.83 bits per heavy atom. The average Bonchev–Trinajstić information content (AvgIpc) is 2.86. The lowest BCUT2D eigenvalue weighted by Crippen LogP contribution is -2.14. The number of nitrogens with one attached hydrogen (secondary N) is 1. The van der Waals surface area contributed by atoms with Gasteiger partial charge >= 0.3 is 0 Å². The molecule has 0 fully saturated rings. The SMILES string of the molecule is CC.CCSc1nc(N)c(C(=O)Nc2c(C)cc(C)cc2C)s1. The summed E-state index contributed by atoms with van der Waals surface area (Å²) in [4.78, 5) is 17.1. The molecule has 0 spiro atoms. The number of rotatable bonds is 4. The van der Waals surface area contributed by atoms with Gasteiger partial charge in [0.25, 0.3) is 5.91 Å². The second-order valence-corrected chi connectivity index (χ2v) is 7.37. The number of nitrogen functional groups attached to an aromatic ring is 1. The molecule has 0 saturated heterocycles. The number of hydrogen-bond acceptors (Lipinski definition) is 5. The minimum absolute atomic E-state index is 0.192. The highest BCUT2D eigenvalue weighted by Crippen LogP contribution is 2.30. The number of carbonyl (C=O) groups excluding carboxylic acids is 1. The molecule has 0 aliphatic heterocycles. The number of nitrogens with two attached hydrogens (primary N) is 1. The molecule has 0 saturated carbocycles. The van der Waals surface area contributed by atoms with Crippen molar-refractivity contribution in [1.29, 1.82) is 0 Å². The molecule has 1 aromatic carbocycles. The third kappa shape index (κ3) is 4.97. The summed E-state index contributed by atoms with van der Waals surface area (Å²) in [6.45, 7) is 12.1. The quantitative estimate of drug-likeness (QED) is 0.757. The third-order valence-electron chi connectivity index (χ3n) is 3.02. The van der Waals surface area contributed by atoms with Crippen molar-refractivity contribution in [1.82, 2.24) is 4.98 Å². The molecule has 0 unspecified atom stereocenters. The smallest absolute Gasteiger partial charge is 0.269 e. The van der Waals surface area contributed by atoms with E-state index >= 15 is 0 Å². The number of aryl methyl sites for hydroxylation is 3. The van der Waals surface area contributed by atoms with Gasteiger partial charge in [-0.05, 0) is 37.7 Å². The first kappa shape index (κ1) is 19.5. The highest BCUT2D eigenvalue weighted by atomic mass is 32.2. The van der Waals surface area contributed by atoms with E-state index in [0.717, 1.165) is 26.9 Å². The summed E-state index contributed by atoms with van der Waals surface area (Å²) in [6.07, 6.45) is 0. The van der Waals surface area contributed by atoms with Crippen molar-refractivity contribution in [2.45, 2.75) is 45.9 Å². The van der Waals surface area contributed by atoms with Crippen LogP contribution in [-0.4, -0.2) is 16.6 Å². The van der Waals surface area contributed by atoms with Gasteiger partial charge in [-0.3, -0.25) is 4.79 Å². The number of anilines is 2. The summed E-state index contributed by atoms with van der Waals surface area (Å²) in [7, 11) is 0. The Balaban J connectivity index is 0.00000127. The number of thiazole rings is 1. The van der Waals surface area contributed by atoms with E-state index < -0.39 is 0 Å². The maximum absolute atomic E-state index is 12.4. The largest absolute Gasteiger partial charge is 0.382 e. The number of amides is 1.